The molecule has 0 unspecified atom stereocenters. The second-order valence-electron chi connectivity index (χ2n) is 3.89. The maximum absolute atomic E-state index is 10.8. The summed E-state index contributed by atoms with van der Waals surface area (Å²) in [6.45, 7) is 0.557. The normalized spacial score (nSPS) is 10.3. The van der Waals surface area contributed by atoms with Crippen molar-refractivity contribution in [2.24, 2.45) is 0 Å². The first-order valence-corrected chi connectivity index (χ1v) is 8.00. The lowest BCUT2D eigenvalue weighted by Crippen LogP contribution is -1.99. The summed E-state index contributed by atoms with van der Waals surface area (Å²) in [5.41, 5.74) is 0.885. The van der Waals surface area contributed by atoms with Crippen molar-refractivity contribution in [3.05, 3.63) is 43.0 Å². The topological polar surface area (TPSA) is 58.6 Å². The van der Waals surface area contributed by atoms with Gasteiger partial charge < -0.3 is 15.2 Å². The number of benzene rings is 1. The van der Waals surface area contributed by atoms with Gasteiger partial charge in [-0.15, -0.1) is 11.3 Å². The van der Waals surface area contributed by atoms with Crippen LogP contribution in [-0.2, 0) is 6.54 Å². The summed E-state index contributed by atoms with van der Waals surface area (Å²) in [6, 6.07) is 7.20. The van der Waals surface area contributed by atoms with Crippen molar-refractivity contribution in [2.45, 2.75) is 6.54 Å². The van der Waals surface area contributed by atoms with E-state index in [4.69, 9.17) is 9.84 Å². The van der Waals surface area contributed by atoms with Crippen molar-refractivity contribution in [1.29, 1.82) is 0 Å². The highest BCUT2D eigenvalue weighted by molar-refractivity contribution is 9.11. The minimum absolute atomic E-state index is 0.342. The smallest absolute Gasteiger partial charge is 0.345 e. The van der Waals surface area contributed by atoms with Gasteiger partial charge in [-0.05, 0) is 50.1 Å². The molecular weight excluding hydrogens is 410 g/mol. The number of methoxy groups -OCH3 is 1. The molecule has 20 heavy (non-hydrogen) atoms. The molecule has 1 aromatic carbocycles. The zero-order chi connectivity index (χ0) is 14.7. The number of carbonyl (C=O) groups is 1. The Bertz CT molecular complexity index is 643. The summed E-state index contributed by atoms with van der Waals surface area (Å²) < 4.78 is 7.01. The zero-order valence-corrected chi connectivity index (χ0v) is 14.4. The molecule has 0 aliphatic carbocycles. The number of aromatic carboxylic acids is 1. The quantitative estimate of drug-likeness (QED) is 0.742. The number of anilines is 1. The van der Waals surface area contributed by atoms with Crippen LogP contribution in [0.2, 0.25) is 0 Å². The van der Waals surface area contributed by atoms with Crippen LogP contribution in [0.5, 0.6) is 5.75 Å². The number of ether oxygens (including phenoxy) is 1. The van der Waals surface area contributed by atoms with Crippen LogP contribution in [-0.4, -0.2) is 18.2 Å². The van der Waals surface area contributed by atoms with Gasteiger partial charge in [-0.3, -0.25) is 0 Å². The van der Waals surface area contributed by atoms with E-state index in [1.807, 2.05) is 18.2 Å². The lowest BCUT2D eigenvalue weighted by Gasteiger charge is -2.11. The van der Waals surface area contributed by atoms with Crippen LogP contribution in [0, 0.1) is 0 Å². The third-order valence-corrected chi connectivity index (χ3v) is 4.92. The Hall–Kier alpha value is -1.05. The van der Waals surface area contributed by atoms with Crippen molar-refractivity contribution < 1.29 is 14.6 Å². The molecule has 0 spiro atoms. The van der Waals surface area contributed by atoms with E-state index in [1.165, 1.54) is 11.3 Å². The summed E-state index contributed by atoms with van der Waals surface area (Å²) in [5.74, 6) is -0.166. The Morgan fingerprint density at radius 2 is 2.10 bits per heavy atom. The van der Waals surface area contributed by atoms with Crippen molar-refractivity contribution in [2.75, 3.05) is 12.4 Å². The molecule has 0 aliphatic rings. The minimum atomic E-state index is -0.896. The van der Waals surface area contributed by atoms with E-state index in [9.17, 15) is 4.79 Å². The number of rotatable bonds is 5. The summed E-state index contributed by atoms with van der Waals surface area (Å²) in [5, 5.41) is 12.1. The molecule has 1 aromatic heterocycles. The molecule has 2 N–H and O–H groups in total. The van der Waals surface area contributed by atoms with Gasteiger partial charge in [0.25, 0.3) is 0 Å². The molecule has 0 saturated heterocycles. The molecule has 106 valence electrons. The first-order valence-electron chi connectivity index (χ1n) is 5.60. The number of hydrogen-bond acceptors (Lipinski definition) is 4. The number of thiophene rings is 1. The molecule has 2 rings (SSSR count). The maximum Gasteiger partial charge on any atom is 0.345 e. The number of carboxylic acid groups (broad SMARTS) is 1. The fourth-order valence-corrected chi connectivity index (χ4v) is 3.67. The Labute approximate surface area is 137 Å². The second-order valence-corrected chi connectivity index (χ2v) is 6.77. The van der Waals surface area contributed by atoms with Gasteiger partial charge in [0.2, 0.25) is 0 Å². The Morgan fingerprint density at radius 3 is 2.70 bits per heavy atom. The number of carboxylic acids is 1. The van der Waals surface area contributed by atoms with Gasteiger partial charge in [0.1, 0.15) is 10.6 Å². The molecule has 1 heterocycles. The van der Waals surface area contributed by atoms with Crippen molar-refractivity contribution in [1.82, 2.24) is 0 Å². The molecule has 7 heteroatoms. The average molecular weight is 421 g/mol. The summed E-state index contributed by atoms with van der Waals surface area (Å²) in [7, 11) is 1.61. The van der Waals surface area contributed by atoms with Gasteiger partial charge in [-0.25, -0.2) is 4.79 Å². The van der Waals surface area contributed by atoms with E-state index in [0.717, 1.165) is 25.3 Å². The Balaban J connectivity index is 2.12. The summed E-state index contributed by atoms with van der Waals surface area (Å²) in [4.78, 5) is 12.1. The van der Waals surface area contributed by atoms with Gasteiger partial charge in [0, 0.05) is 22.0 Å². The molecular formula is C13H11Br2NO3S. The van der Waals surface area contributed by atoms with Crippen LogP contribution in [0.1, 0.15) is 14.5 Å². The van der Waals surface area contributed by atoms with Crippen LogP contribution < -0.4 is 10.1 Å². The number of halogens is 2. The molecule has 0 radical (unpaired) electrons. The van der Waals surface area contributed by atoms with Crippen molar-refractivity contribution >= 4 is 54.9 Å². The molecule has 0 saturated carbocycles. The molecule has 0 bridgehead atoms. The van der Waals surface area contributed by atoms with E-state index in [-0.39, 0.29) is 0 Å². The third-order valence-electron chi connectivity index (χ3n) is 2.57. The average Bonchev–Trinajstić information content (AvgIpc) is 2.87. The predicted molar refractivity (Wildman–Crippen MR) is 87.0 cm³/mol. The van der Waals surface area contributed by atoms with E-state index >= 15 is 0 Å². The van der Waals surface area contributed by atoms with Gasteiger partial charge >= 0.3 is 5.97 Å². The van der Waals surface area contributed by atoms with E-state index in [1.54, 1.807) is 13.2 Å². The summed E-state index contributed by atoms with van der Waals surface area (Å²) >= 11 is 8.15. The monoisotopic (exact) mass is 419 g/mol. The first kappa shape index (κ1) is 15.3. The van der Waals surface area contributed by atoms with Gasteiger partial charge in [-0.1, -0.05) is 0 Å². The van der Waals surface area contributed by atoms with Crippen LogP contribution in [0.25, 0.3) is 0 Å². The van der Waals surface area contributed by atoms with Gasteiger partial charge in [-0.2, -0.15) is 0 Å². The highest BCUT2D eigenvalue weighted by atomic mass is 79.9. The molecule has 4 nitrogen and oxygen atoms in total. The van der Waals surface area contributed by atoms with Crippen molar-refractivity contribution in [3.63, 3.8) is 0 Å². The van der Waals surface area contributed by atoms with E-state index in [0.29, 0.717) is 11.4 Å². The maximum atomic E-state index is 10.8. The largest absolute Gasteiger partial charge is 0.495 e. The first-order chi connectivity index (χ1) is 9.51. The van der Waals surface area contributed by atoms with Crippen LogP contribution in [0.15, 0.2) is 33.2 Å². The van der Waals surface area contributed by atoms with E-state index in [2.05, 4.69) is 37.2 Å². The fourth-order valence-electron chi connectivity index (χ4n) is 1.59. The number of hydrogen-bond donors (Lipinski definition) is 2. The lowest BCUT2D eigenvalue weighted by molar-refractivity contribution is 0.0702. The van der Waals surface area contributed by atoms with Crippen LogP contribution in [0.3, 0.4) is 0 Å². The third kappa shape index (κ3) is 3.53. The highest BCUT2D eigenvalue weighted by Crippen LogP contribution is 2.34. The van der Waals surface area contributed by atoms with E-state index < -0.39 is 5.97 Å². The number of nitrogens with one attached hydrogen (secondary N) is 1. The predicted octanol–water partition coefficient (Wildman–Crippen LogP) is 4.59. The molecule has 2 aromatic rings. The van der Waals surface area contributed by atoms with Gasteiger partial charge in [0.05, 0.1) is 17.3 Å². The minimum Gasteiger partial charge on any atom is -0.495 e. The van der Waals surface area contributed by atoms with Crippen LogP contribution in [0.4, 0.5) is 5.69 Å². The fraction of sp³-hybridized carbons (Fsp3) is 0.154. The summed E-state index contributed by atoms with van der Waals surface area (Å²) in [6.07, 6.45) is 0. The Kier molecular flexibility index (Phi) is 5.06. The van der Waals surface area contributed by atoms with Crippen molar-refractivity contribution in [3.8, 4) is 5.75 Å². The SMILES string of the molecule is COc1cc(NCc2ccc(C(=O)O)s2)c(Br)cc1Br. The molecule has 0 aliphatic heterocycles. The van der Waals surface area contributed by atoms with Crippen LogP contribution >= 0.6 is 43.2 Å². The molecule has 0 fully saturated rings. The molecule has 0 atom stereocenters. The lowest BCUT2D eigenvalue weighted by atomic mass is 10.3. The zero-order valence-electron chi connectivity index (χ0n) is 10.4. The Morgan fingerprint density at radius 1 is 1.35 bits per heavy atom. The highest BCUT2D eigenvalue weighted by Gasteiger charge is 2.09. The standard InChI is InChI=1S/C13H11Br2NO3S/c1-19-11-5-10(8(14)4-9(11)15)16-6-7-2-3-12(20-7)13(17)18/h2-5,16H,6H2,1H3,(H,17,18). The second kappa shape index (κ2) is 6.60. The van der Waals surface area contributed by atoms with Gasteiger partial charge in [0.15, 0.2) is 0 Å². The molecule has 0 amide bonds.